The first-order chi connectivity index (χ1) is 8.81. The van der Waals surface area contributed by atoms with Crippen LogP contribution in [0, 0.1) is 13.8 Å². The molecule has 7 heteroatoms. The molecule has 0 unspecified atom stereocenters. The van der Waals surface area contributed by atoms with Crippen molar-refractivity contribution in [3.05, 3.63) is 44.2 Å². The number of anilines is 1. The lowest BCUT2D eigenvalue weighted by Gasteiger charge is -2.10. The van der Waals surface area contributed by atoms with Gasteiger partial charge in [0.1, 0.15) is 4.21 Å². The summed E-state index contributed by atoms with van der Waals surface area (Å²) in [7, 11) is -3.59. The summed E-state index contributed by atoms with van der Waals surface area (Å²) < 4.78 is 28.7. The van der Waals surface area contributed by atoms with Crippen LogP contribution in [0.4, 0.5) is 5.69 Å². The molecule has 0 spiro atoms. The molecule has 1 aromatic carbocycles. The maximum Gasteiger partial charge on any atom is 0.271 e. The van der Waals surface area contributed by atoms with Crippen LogP contribution < -0.4 is 4.72 Å². The summed E-state index contributed by atoms with van der Waals surface area (Å²) >= 11 is 10.3. The molecule has 1 aromatic heterocycles. The van der Waals surface area contributed by atoms with Crippen molar-refractivity contribution in [2.75, 3.05) is 4.72 Å². The van der Waals surface area contributed by atoms with Crippen LogP contribution in [0.3, 0.4) is 0 Å². The predicted octanol–water partition coefficient (Wildman–Crippen LogP) is 4.58. The third-order valence-electron chi connectivity index (χ3n) is 2.61. The van der Waals surface area contributed by atoms with Gasteiger partial charge >= 0.3 is 0 Å². The molecule has 0 bridgehead atoms. The largest absolute Gasteiger partial charge is 0.279 e. The van der Waals surface area contributed by atoms with Crippen molar-refractivity contribution >= 4 is 54.6 Å². The van der Waals surface area contributed by atoms with Crippen molar-refractivity contribution in [3.8, 4) is 0 Å². The minimum absolute atomic E-state index is 0.217. The number of sulfonamides is 1. The Morgan fingerprint density at radius 1 is 1.32 bits per heavy atom. The molecule has 102 valence electrons. The average molecular weight is 381 g/mol. The van der Waals surface area contributed by atoms with Crippen LogP contribution >= 0.6 is 38.9 Å². The smallest absolute Gasteiger partial charge is 0.271 e. The van der Waals surface area contributed by atoms with Crippen LogP contribution in [0.25, 0.3) is 0 Å². The van der Waals surface area contributed by atoms with Crippen LogP contribution in [-0.4, -0.2) is 8.42 Å². The van der Waals surface area contributed by atoms with Crippen LogP contribution in [-0.2, 0) is 10.0 Å². The van der Waals surface area contributed by atoms with Crippen molar-refractivity contribution in [1.29, 1.82) is 0 Å². The highest BCUT2D eigenvalue weighted by molar-refractivity contribution is 9.10. The van der Waals surface area contributed by atoms with E-state index in [1.54, 1.807) is 25.1 Å². The zero-order valence-corrected chi connectivity index (χ0v) is 14.2. The summed E-state index contributed by atoms with van der Waals surface area (Å²) in [5.41, 5.74) is 2.15. The summed E-state index contributed by atoms with van der Waals surface area (Å²) in [6, 6.07) is 6.93. The van der Waals surface area contributed by atoms with Gasteiger partial charge in [0.2, 0.25) is 0 Å². The quantitative estimate of drug-likeness (QED) is 0.847. The summed E-state index contributed by atoms with van der Waals surface area (Å²) in [4.78, 5) is 0. The standard InChI is InChI=1S/C12H11BrClNO2S2/c1-7-6-11(18-12(7)14)19(16,17)15-10-5-3-4-9(13)8(10)2/h3-6,15H,1-2H3. The van der Waals surface area contributed by atoms with Gasteiger partial charge in [-0.2, -0.15) is 0 Å². The van der Waals surface area contributed by atoms with Crippen molar-refractivity contribution < 1.29 is 8.42 Å². The van der Waals surface area contributed by atoms with Crippen molar-refractivity contribution in [2.24, 2.45) is 0 Å². The molecule has 2 aromatic rings. The second-order valence-corrected chi connectivity index (χ2v) is 8.46. The molecule has 3 nitrogen and oxygen atoms in total. The summed E-state index contributed by atoms with van der Waals surface area (Å²) in [6.07, 6.45) is 0. The van der Waals surface area contributed by atoms with E-state index in [1.807, 2.05) is 13.0 Å². The maximum absolute atomic E-state index is 12.3. The molecular formula is C12H11BrClNO2S2. The second-order valence-electron chi connectivity index (χ2n) is 4.04. The first kappa shape index (κ1) is 14.8. The third kappa shape index (κ3) is 3.13. The van der Waals surface area contributed by atoms with Crippen molar-refractivity contribution in [3.63, 3.8) is 0 Å². The molecule has 0 saturated carbocycles. The molecule has 0 aliphatic heterocycles. The maximum atomic E-state index is 12.3. The van der Waals surface area contributed by atoms with Gasteiger partial charge in [-0.1, -0.05) is 33.6 Å². The van der Waals surface area contributed by atoms with Gasteiger partial charge < -0.3 is 0 Å². The van der Waals surface area contributed by atoms with Gasteiger partial charge in [0.25, 0.3) is 10.0 Å². The fourth-order valence-corrected chi connectivity index (χ4v) is 4.67. The Labute approximate surface area is 129 Å². The van der Waals surface area contributed by atoms with E-state index in [-0.39, 0.29) is 4.21 Å². The number of rotatable bonds is 3. The number of aryl methyl sites for hydroxylation is 1. The fourth-order valence-electron chi connectivity index (χ4n) is 1.48. The number of benzene rings is 1. The molecule has 19 heavy (non-hydrogen) atoms. The predicted molar refractivity (Wildman–Crippen MR) is 83.8 cm³/mol. The Bertz CT molecular complexity index is 706. The zero-order chi connectivity index (χ0) is 14.2. The van der Waals surface area contributed by atoms with Gasteiger partial charge in [0, 0.05) is 4.47 Å². The van der Waals surface area contributed by atoms with Gasteiger partial charge in [0.15, 0.2) is 0 Å². The minimum atomic E-state index is -3.59. The Hall–Kier alpha value is -0.560. The molecule has 1 heterocycles. The summed E-state index contributed by atoms with van der Waals surface area (Å²) in [5.74, 6) is 0. The van der Waals surface area contributed by atoms with E-state index in [2.05, 4.69) is 20.7 Å². The number of thiophene rings is 1. The molecule has 0 atom stereocenters. The number of halogens is 2. The van der Waals surface area contributed by atoms with Crippen LogP contribution in [0.5, 0.6) is 0 Å². The molecule has 0 aliphatic rings. The zero-order valence-electron chi connectivity index (χ0n) is 10.2. The number of hydrogen-bond acceptors (Lipinski definition) is 3. The Kier molecular flexibility index (Phi) is 4.25. The topological polar surface area (TPSA) is 46.2 Å². The van der Waals surface area contributed by atoms with E-state index in [1.165, 1.54) is 0 Å². The summed E-state index contributed by atoms with van der Waals surface area (Å²) in [5, 5.41) is 0. The van der Waals surface area contributed by atoms with E-state index in [9.17, 15) is 8.42 Å². The van der Waals surface area contributed by atoms with E-state index >= 15 is 0 Å². The van der Waals surface area contributed by atoms with E-state index in [0.29, 0.717) is 10.0 Å². The van der Waals surface area contributed by atoms with Gasteiger partial charge in [-0.15, -0.1) is 11.3 Å². The lowest BCUT2D eigenvalue weighted by atomic mass is 10.2. The van der Waals surface area contributed by atoms with Gasteiger partial charge in [-0.05, 0) is 43.2 Å². The minimum Gasteiger partial charge on any atom is -0.279 e. The third-order valence-corrected chi connectivity index (χ3v) is 6.86. The first-order valence-electron chi connectivity index (χ1n) is 5.35. The number of nitrogens with one attached hydrogen (secondary N) is 1. The summed E-state index contributed by atoms with van der Waals surface area (Å²) in [6.45, 7) is 3.62. The molecule has 1 N–H and O–H groups in total. The van der Waals surface area contributed by atoms with Gasteiger partial charge in [-0.3, -0.25) is 4.72 Å². The normalized spacial score (nSPS) is 11.6. The van der Waals surface area contributed by atoms with E-state index in [0.717, 1.165) is 26.9 Å². The molecular weight excluding hydrogens is 370 g/mol. The highest BCUT2D eigenvalue weighted by Gasteiger charge is 2.19. The van der Waals surface area contributed by atoms with Crippen molar-refractivity contribution in [2.45, 2.75) is 18.1 Å². The first-order valence-corrected chi connectivity index (χ1v) is 8.82. The van der Waals surface area contributed by atoms with Crippen LogP contribution in [0.1, 0.15) is 11.1 Å². The molecule has 0 amide bonds. The molecule has 0 aliphatic carbocycles. The molecule has 2 rings (SSSR count). The SMILES string of the molecule is Cc1cc(S(=O)(=O)Nc2cccc(Br)c2C)sc1Cl. The molecule has 0 fully saturated rings. The lowest BCUT2D eigenvalue weighted by Crippen LogP contribution is -2.12. The highest BCUT2D eigenvalue weighted by Crippen LogP contribution is 2.32. The fraction of sp³-hybridized carbons (Fsp3) is 0.167. The molecule has 0 saturated heterocycles. The molecule has 0 radical (unpaired) electrons. The van der Waals surface area contributed by atoms with Crippen molar-refractivity contribution in [1.82, 2.24) is 0 Å². The van der Waals surface area contributed by atoms with Gasteiger partial charge in [-0.25, -0.2) is 8.42 Å². The monoisotopic (exact) mass is 379 g/mol. The van der Waals surface area contributed by atoms with E-state index < -0.39 is 10.0 Å². The van der Waals surface area contributed by atoms with Crippen LogP contribution in [0.2, 0.25) is 4.34 Å². The van der Waals surface area contributed by atoms with Gasteiger partial charge in [0.05, 0.1) is 10.0 Å². The van der Waals surface area contributed by atoms with E-state index in [4.69, 9.17) is 11.6 Å². The highest BCUT2D eigenvalue weighted by atomic mass is 79.9. The Balaban J connectivity index is 2.39. The Morgan fingerprint density at radius 3 is 2.58 bits per heavy atom. The lowest BCUT2D eigenvalue weighted by molar-refractivity contribution is 0.603. The second kappa shape index (κ2) is 5.44. The van der Waals surface area contributed by atoms with Crippen LogP contribution in [0.15, 0.2) is 32.9 Å². The Morgan fingerprint density at radius 2 is 2.00 bits per heavy atom. The number of hydrogen-bond donors (Lipinski definition) is 1. The average Bonchev–Trinajstić information content (AvgIpc) is 2.66.